The summed E-state index contributed by atoms with van der Waals surface area (Å²) in [6.45, 7) is 10.2. The molecular weight excluding hydrogens is 388 g/mol. The van der Waals surface area contributed by atoms with Crippen molar-refractivity contribution in [1.29, 1.82) is 0 Å². The van der Waals surface area contributed by atoms with Gasteiger partial charge in [0, 0.05) is 18.2 Å². The Bertz CT molecular complexity index is 1070. The molecule has 0 saturated heterocycles. The van der Waals surface area contributed by atoms with Gasteiger partial charge in [0.25, 0.3) is 0 Å². The predicted octanol–water partition coefficient (Wildman–Crippen LogP) is 4.85. The number of hydrogen-bond donors (Lipinski definition) is 0. The Kier molecular flexibility index (Phi) is 5.46. The van der Waals surface area contributed by atoms with E-state index < -0.39 is 6.10 Å². The zero-order chi connectivity index (χ0) is 22.3. The van der Waals surface area contributed by atoms with Crippen molar-refractivity contribution in [3.05, 3.63) is 71.1 Å². The van der Waals surface area contributed by atoms with Gasteiger partial charge in [-0.2, -0.15) is 5.10 Å². The van der Waals surface area contributed by atoms with Gasteiger partial charge in [-0.05, 0) is 55.9 Å². The first-order valence-corrected chi connectivity index (χ1v) is 10.9. The largest absolute Gasteiger partial charge is 0.457 e. The maximum Gasteiger partial charge on any atom is 0.310 e. The number of aromatic nitrogens is 2. The fraction of sp³-hybridized carbons (Fsp3) is 0.423. The van der Waals surface area contributed by atoms with Crippen molar-refractivity contribution in [2.45, 2.75) is 53.6 Å². The van der Waals surface area contributed by atoms with E-state index in [1.807, 2.05) is 63.4 Å². The van der Waals surface area contributed by atoms with Gasteiger partial charge in [0.15, 0.2) is 5.78 Å². The Morgan fingerprint density at radius 1 is 1.23 bits per heavy atom. The highest BCUT2D eigenvalue weighted by Gasteiger charge is 2.61. The molecule has 0 bridgehead atoms. The molecule has 31 heavy (non-hydrogen) atoms. The van der Waals surface area contributed by atoms with Crippen LogP contribution in [-0.4, -0.2) is 27.6 Å². The standard InChI is InChI=1S/C26H30N2O3/c1-16(2)13-21-24(26(21,4)5)25(30)31-23-15-22(29)20(17(23)3)14-18-11-12-28(27-18)19-9-7-6-8-10-19/h6-13,21,23-24H,14-15H2,1-5H3. The SMILES string of the molecule is CC(C)=CC1C(C(=O)OC2CC(=O)C(Cc3ccn(-c4ccccc4)n3)=C2C)C1(C)C. The van der Waals surface area contributed by atoms with Gasteiger partial charge in [-0.25, -0.2) is 4.68 Å². The van der Waals surface area contributed by atoms with Gasteiger partial charge in [-0.1, -0.05) is 43.7 Å². The Labute approximate surface area is 183 Å². The lowest BCUT2D eigenvalue weighted by atomic mass is 10.1. The third kappa shape index (κ3) is 4.14. The van der Waals surface area contributed by atoms with Crippen LogP contribution in [0, 0.1) is 17.3 Å². The van der Waals surface area contributed by atoms with Gasteiger partial charge in [0.05, 0.1) is 23.7 Å². The number of benzene rings is 1. The van der Waals surface area contributed by atoms with Crippen molar-refractivity contribution in [3.8, 4) is 5.69 Å². The first-order valence-electron chi connectivity index (χ1n) is 10.9. The second kappa shape index (κ2) is 7.95. The molecule has 1 aromatic carbocycles. The predicted molar refractivity (Wildman–Crippen MR) is 120 cm³/mol. The maximum atomic E-state index is 12.8. The van der Waals surface area contributed by atoms with Crippen molar-refractivity contribution >= 4 is 11.8 Å². The van der Waals surface area contributed by atoms with Gasteiger partial charge in [0.1, 0.15) is 6.10 Å². The van der Waals surface area contributed by atoms with Crippen LogP contribution in [0.5, 0.6) is 0 Å². The number of rotatable bonds is 6. The zero-order valence-corrected chi connectivity index (χ0v) is 18.9. The second-order valence-electron chi connectivity index (χ2n) is 9.55. The van der Waals surface area contributed by atoms with Crippen LogP contribution in [0.3, 0.4) is 0 Å². The number of carbonyl (C=O) groups excluding carboxylic acids is 2. The summed E-state index contributed by atoms with van der Waals surface area (Å²) >= 11 is 0. The average Bonchev–Trinajstić information content (AvgIpc) is 3.02. The monoisotopic (exact) mass is 418 g/mol. The van der Waals surface area contributed by atoms with Crippen LogP contribution < -0.4 is 0 Å². The third-order valence-electron chi connectivity index (χ3n) is 6.63. The van der Waals surface area contributed by atoms with Crippen LogP contribution in [0.25, 0.3) is 5.69 Å². The van der Waals surface area contributed by atoms with E-state index >= 15 is 0 Å². The van der Waals surface area contributed by atoms with Crippen molar-refractivity contribution in [2.24, 2.45) is 17.3 Å². The van der Waals surface area contributed by atoms with Crippen LogP contribution in [0.15, 0.2) is 65.4 Å². The first kappa shape index (κ1) is 21.3. The minimum Gasteiger partial charge on any atom is -0.457 e. The summed E-state index contributed by atoms with van der Waals surface area (Å²) in [5.41, 5.74) is 4.48. The van der Waals surface area contributed by atoms with Crippen LogP contribution in [0.4, 0.5) is 0 Å². The van der Waals surface area contributed by atoms with Crippen LogP contribution in [0.1, 0.15) is 46.7 Å². The molecule has 2 aliphatic carbocycles. The van der Waals surface area contributed by atoms with E-state index in [0.29, 0.717) is 12.0 Å². The van der Waals surface area contributed by atoms with Crippen LogP contribution in [-0.2, 0) is 20.7 Å². The lowest BCUT2D eigenvalue weighted by Gasteiger charge is -2.14. The summed E-state index contributed by atoms with van der Waals surface area (Å²) in [4.78, 5) is 25.5. The lowest BCUT2D eigenvalue weighted by molar-refractivity contribution is -0.150. The number of para-hydroxylation sites is 1. The molecule has 1 heterocycles. The number of hydrogen-bond acceptors (Lipinski definition) is 4. The molecule has 0 N–H and O–H groups in total. The summed E-state index contributed by atoms with van der Waals surface area (Å²) in [5, 5.41) is 4.61. The van der Waals surface area contributed by atoms with Gasteiger partial charge in [-0.3, -0.25) is 9.59 Å². The van der Waals surface area contributed by atoms with E-state index in [1.54, 1.807) is 4.68 Å². The van der Waals surface area contributed by atoms with Gasteiger partial charge >= 0.3 is 5.97 Å². The summed E-state index contributed by atoms with van der Waals surface area (Å²) in [6.07, 6.45) is 4.27. The zero-order valence-electron chi connectivity index (χ0n) is 18.9. The number of carbonyl (C=O) groups is 2. The van der Waals surface area contributed by atoms with Crippen molar-refractivity contribution in [1.82, 2.24) is 9.78 Å². The number of nitrogens with zero attached hydrogens (tertiary/aromatic N) is 2. The molecule has 162 valence electrons. The summed E-state index contributed by atoms with van der Waals surface area (Å²) < 4.78 is 7.64. The van der Waals surface area contributed by atoms with E-state index in [9.17, 15) is 9.59 Å². The molecule has 5 heteroatoms. The van der Waals surface area contributed by atoms with E-state index in [-0.39, 0.29) is 35.4 Å². The minimum absolute atomic E-state index is 0.0421. The maximum absolute atomic E-state index is 12.8. The lowest BCUT2D eigenvalue weighted by Crippen LogP contribution is -2.20. The summed E-state index contributed by atoms with van der Waals surface area (Å²) in [7, 11) is 0. The molecule has 0 spiro atoms. The molecule has 4 rings (SSSR count). The topological polar surface area (TPSA) is 61.2 Å². The third-order valence-corrected chi connectivity index (χ3v) is 6.63. The number of esters is 1. The molecule has 3 unspecified atom stereocenters. The normalized spacial score (nSPS) is 24.3. The van der Waals surface area contributed by atoms with Crippen molar-refractivity contribution < 1.29 is 14.3 Å². The van der Waals surface area contributed by atoms with Crippen LogP contribution in [0.2, 0.25) is 0 Å². The molecule has 2 aromatic rings. The first-order chi connectivity index (χ1) is 14.7. The molecule has 2 aliphatic rings. The molecule has 1 aromatic heterocycles. The van der Waals surface area contributed by atoms with Crippen molar-refractivity contribution in [2.75, 3.05) is 0 Å². The van der Waals surface area contributed by atoms with Gasteiger partial charge in [-0.15, -0.1) is 0 Å². The van der Waals surface area contributed by atoms with Crippen LogP contribution >= 0.6 is 0 Å². The number of ketones is 1. The fourth-order valence-corrected chi connectivity index (χ4v) is 4.60. The fourth-order valence-electron chi connectivity index (χ4n) is 4.60. The molecule has 5 nitrogen and oxygen atoms in total. The Balaban J connectivity index is 1.45. The summed E-state index contributed by atoms with van der Waals surface area (Å²) in [6, 6.07) is 11.8. The highest BCUT2D eigenvalue weighted by Crippen LogP contribution is 2.60. The van der Waals surface area contributed by atoms with E-state index in [0.717, 1.165) is 17.0 Å². The Morgan fingerprint density at radius 3 is 2.61 bits per heavy atom. The van der Waals surface area contributed by atoms with E-state index in [2.05, 4.69) is 25.0 Å². The number of Topliss-reactive ketones (excluding diaryl/α,β-unsaturated/α-hetero) is 1. The van der Waals surface area contributed by atoms with E-state index in [4.69, 9.17) is 4.74 Å². The van der Waals surface area contributed by atoms with Gasteiger partial charge < -0.3 is 4.74 Å². The molecule has 0 amide bonds. The molecule has 1 saturated carbocycles. The Morgan fingerprint density at radius 2 is 1.94 bits per heavy atom. The smallest absolute Gasteiger partial charge is 0.310 e. The van der Waals surface area contributed by atoms with Gasteiger partial charge in [0.2, 0.25) is 0 Å². The van der Waals surface area contributed by atoms with Crippen molar-refractivity contribution in [3.63, 3.8) is 0 Å². The number of allylic oxidation sites excluding steroid dienone is 3. The summed E-state index contributed by atoms with van der Waals surface area (Å²) in [5.74, 6) is -0.0940. The second-order valence-corrected chi connectivity index (χ2v) is 9.55. The average molecular weight is 419 g/mol. The molecular formula is C26H30N2O3. The minimum atomic E-state index is -0.463. The van der Waals surface area contributed by atoms with E-state index in [1.165, 1.54) is 5.57 Å². The number of ether oxygens (including phenoxy) is 1. The molecule has 0 radical (unpaired) electrons. The highest BCUT2D eigenvalue weighted by molar-refractivity contribution is 6.00. The molecule has 1 fully saturated rings. The Hall–Kier alpha value is -2.95. The quantitative estimate of drug-likeness (QED) is 0.497. The molecule has 3 atom stereocenters. The highest BCUT2D eigenvalue weighted by atomic mass is 16.5. The molecule has 0 aliphatic heterocycles.